The van der Waals surface area contributed by atoms with Crippen LogP contribution in [0.2, 0.25) is 0 Å². The number of halogens is 4. The van der Waals surface area contributed by atoms with Crippen LogP contribution in [0.1, 0.15) is 22.8 Å². The number of carboxylic acids is 1. The van der Waals surface area contributed by atoms with Crippen LogP contribution in [-0.2, 0) is 11.0 Å². The molecule has 0 aliphatic rings. The fourth-order valence-electron chi connectivity index (χ4n) is 1.37. The number of carboxylic acid groups (broad SMARTS) is 1. The molecule has 0 aliphatic carbocycles. The minimum absolute atomic E-state index is 0.143. The van der Waals surface area contributed by atoms with Gasteiger partial charge in [0.15, 0.2) is 5.60 Å². The molecular formula is C12H11BrF3NO4. The average molecular weight is 370 g/mol. The van der Waals surface area contributed by atoms with Crippen molar-refractivity contribution < 1.29 is 33.0 Å². The number of aliphatic carboxylic acids is 1. The summed E-state index contributed by atoms with van der Waals surface area (Å²) in [7, 11) is 0. The summed E-state index contributed by atoms with van der Waals surface area (Å²) in [5, 5.41) is 20.0. The van der Waals surface area contributed by atoms with Gasteiger partial charge in [-0.05, 0) is 25.1 Å². The van der Waals surface area contributed by atoms with Crippen LogP contribution in [0, 0.1) is 0 Å². The number of alkyl halides is 3. The molecule has 1 rings (SSSR count). The first kappa shape index (κ1) is 17.4. The number of carbonyl (C=O) groups excluding carboxylic acids is 1. The number of aliphatic hydroxyl groups is 1. The summed E-state index contributed by atoms with van der Waals surface area (Å²) >= 11 is 2.88. The van der Waals surface area contributed by atoms with Crippen molar-refractivity contribution in [3.8, 4) is 0 Å². The second-order valence-electron chi connectivity index (χ2n) is 4.45. The van der Waals surface area contributed by atoms with E-state index >= 15 is 0 Å². The van der Waals surface area contributed by atoms with Gasteiger partial charge in [0, 0.05) is 4.47 Å². The van der Waals surface area contributed by atoms with E-state index in [0.29, 0.717) is 0 Å². The Kier molecular flexibility index (Phi) is 5.00. The van der Waals surface area contributed by atoms with Gasteiger partial charge in [0.05, 0.1) is 17.7 Å². The average Bonchev–Trinajstić information content (AvgIpc) is 2.34. The van der Waals surface area contributed by atoms with Gasteiger partial charge in [0.1, 0.15) is 0 Å². The quantitative estimate of drug-likeness (QED) is 0.757. The number of carbonyl (C=O) groups is 2. The molecule has 1 aromatic rings. The molecule has 1 amide bonds. The van der Waals surface area contributed by atoms with Crippen LogP contribution >= 0.6 is 15.9 Å². The van der Waals surface area contributed by atoms with Crippen LogP contribution in [0.3, 0.4) is 0 Å². The predicted molar refractivity (Wildman–Crippen MR) is 69.7 cm³/mol. The molecule has 0 spiro atoms. The normalized spacial score (nSPS) is 14.4. The number of nitrogens with one attached hydrogen (secondary N) is 1. The minimum atomic E-state index is -4.74. The van der Waals surface area contributed by atoms with E-state index in [2.05, 4.69) is 15.9 Å². The topological polar surface area (TPSA) is 86.6 Å². The van der Waals surface area contributed by atoms with Crippen molar-refractivity contribution >= 4 is 27.8 Å². The molecule has 0 aliphatic heterocycles. The highest BCUT2D eigenvalue weighted by Crippen LogP contribution is 2.33. The minimum Gasteiger partial charge on any atom is -0.479 e. The molecule has 9 heteroatoms. The molecule has 116 valence electrons. The molecular weight excluding hydrogens is 359 g/mol. The largest absolute Gasteiger partial charge is 0.479 e. The lowest BCUT2D eigenvalue weighted by Crippen LogP contribution is -2.46. The summed E-state index contributed by atoms with van der Waals surface area (Å²) in [5.41, 5.74) is -4.10. The lowest BCUT2D eigenvalue weighted by Gasteiger charge is -2.19. The van der Waals surface area contributed by atoms with Crippen molar-refractivity contribution in [3.05, 3.63) is 33.8 Å². The molecule has 0 aromatic heterocycles. The zero-order valence-electron chi connectivity index (χ0n) is 10.7. The standard InChI is InChI=1S/C12H11BrF3NO4/c1-11(21,10(19)20)5-17-9(18)7-3-2-6(13)4-8(7)12(14,15)16/h2-4,21H,5H2,1H3,(H,17,18)(H,19,20). The third-order valence-corrected chi connectivity index (χ3v) is 3.08. The van der Waals surface area contributed by atoms with Gasteiger partial charge in [0.25, 0.3) is 5.91 Å². The van der Waals surface area contributed by atoms with Crippen LogP contribution in [0.4, 0.5) is 13.2 Å². The first-order chi connectivity index (χ1) is 9.45. The molecule has 0 heterocycles. The van der Waals surface area contributed by atoms with E-state index in [4.69, 9.17) is 5.11 Å². The number of hydrogen-bond donors (Lipinski definition) is 3. The van der Waals surface area contributed by atoms with Crippen molar-refractivity contribution in [1.29, 1.82) is 0 Å². The molecule has 0 radical (unpaired) electrons. The van der Waals surface area contributed by atoms with Crippen LogP contribution < -0.4 is 5.32 Å². The maximum absolute atomic E-state index is 12.8. The molecule has 21 heavy (non-hydrogen) atoms. The predicted octanol–water partition coefficient (Wildman–Crippen LogP) is 2.03. The Morgan fingerprint density at radius 3 is 2.38 bits per heavy atom. The van der Waals surface area contributed by atoms with Crippen LogP contribution in [0.5, 0.6) is 0 Å². The Hall–Kier alpha value is -1.61. The van der Waals surface area contributed by atoms with Crippen molar-refractivity contribution in [2.75, 3.05) is 6.54 Å². The molecule has 0 fully saturated rings. The summed E-state index contributed by atoms with van der Waals surface area (Å²) in [4.78, 5) is 22.4. The molecule has 0 saturated carbocycles. The van der Waals surface area contributed by atoms with Gasteiger partial charge in [-0.2, -0.15) is 13.2 Å². The van der Waals surface area contributed by atoms with Gasteiger partial charge in [-0.15, -0.1) is 0 Å². The molecule has 3 N–H and O–H groups in total. The Morgan fingerprint density at radius 1 is 1.33 bits per heavy atom. The zero-order chi connectivity index (χ0) is 16.4. The smallest absolute Gasteiger partial charge is 0.417 e. The molecule has 1 aromatic carbocycles. The van der Waals surface area contributed by atoms with E-state index in [1.807, 2.05) is 5.32 Å². The van der Waals surface area contributed by atoms with Crippen LogP contribution in [0.25, 0.3) is 0 Å². The Morgan fingerprint density at radius 2 is 1.90 bits per heavy atom. The molecule has 0 bridgehead atoms. The Labute approximate surface area is 125 Å². The lowest BCUT2D eigenvalue weighted by atomic mass is 10.0. The maximum Gasteiger partial charge on any atom is 0.417 e. The lowest BCUT2D eigenvalue weighted by molar-refractivity contribution is -0.155. The van der Waals surface area contributed by atoms with Crippen molar-refractivity contribution in [1.82, 2.24) is 5.32 Å². The summed E-state index contributed by atoms with van der Waals surface area (Å²) in [6.45, 7) is 0.191. The van der Waals surface area contributed by atoms with Crippen molar-refractivity contribution in [2.45, 2.75) is 18.7 Å². The first-order valence-electron chi connectivity index (χ1n) is 5.56. The summed E-state index contributed by atoms with van der Waals surface area (Å²) in [6, 6.07) is 2.95. The van der Waals surface area contributed by atoms with E-state index in [0.717, 1.165) is 19.1 Å². The van der Waals surface area contributed by atoms with Gasteiger partial charge in [0.2, 0.25) is 0 Å². The summed E-state index contributed by atoms with van der Waals surface area (Å²) in [6.07, 6.45) is -4.74. The Bertz CT molecular complexity index is 572. The molecule has 1 atom stereocenters. The first-order valence-corrected chi connectivity index (χ1v) is 6.35. The highest BCUT2D eigenvalue weighted by Gasteiger charge is 2.36. The number of hydrogen-bond acceptors (Lipinski definition) is 3. The number of benzene rings is 1. The Balaban J connectivity index is 3.01. The van der Waals surface area contributed by atoms with Gasteiger partial charge in [-0.25, -0.2) is 4.79 Å². The van der Waals surface area contributed by atoms with E-state index in [1.54, 1.807) is 0 Å². The SMILES string of the molecule is CC(O)(CNC(=O)c1ccc(Br)cc1C(F)(F)F)C(=O)O. The molecule has 5 nitrogen and oxygen atoms in total. The van der Waals surface area contributed by atoms with Gasteiger partial charge in [-0.1, -0.05) is 15.9 Å². The van der Waals surface area contributed by atoms with Crippen LogP contribution in [-0.4, -0.2) is 34.2 Å². The summed E-state index contributed by atoms with van der Waals surface area (Å²) in [5.74, 6) is -2.73. The zero-order valence-corrected chi connectivity index (χ0v) is 12.2. The number of rotatable bonds is 4. The third kappa shape index (κ3) is 4.43. The fourth-order valence-corrected chi connectivity index (χ4v) is 1.73. The second kappa shape index (κ2) is 6.02. The third-order valence-electron chi connectivity index (χ3n) is 2.59. The fraction of sp³-hybridized carbons (Fsp3) is 0.333. The highest BCUT2D eigenvalue weighted by molar-refractivity contribution is 9.10. The van der Waals surface area contributed by atoms with E-state index in [-0.39, 0.29) is 4.47 Å². The monoisotopic (exact) mass is 369 g/mol. The molecule has 0 saturated heterocycles. The van der Waals surface area contributed by atoms with E-state index in [9.17, 15) is 27.9 Å². The molecule has 1 unspecified atom stereocenters. The number of amides is 1. The van der Waals surface area contributed by atoms with Crippen molar-refractivity contribution in [3.63, 3.8) is 0 Å². The van der Waals surface area contributed by atoms with Crippen molar-refractivity contribution in [2.24, 2.45) is 0 Å². The van der Waals surface area contributed by atoms with Gasteiger partial charge >= 0.3 is 12.1 Å². The van der Waals surface area contributed by atoms with E-state index in [1.165, 1.54) is 6.07 Å². The summed E-state index contributed by atoms with van der Waals surface area (Å²) < 4.78 is 38.7. The highest BCUT2D eigenvalue weighted by atomic mass is 79.9. The maximum atomic E-state index is 12.8. The van der Waals surface area contributed by atoms with Crippen LogP contribution in [0.15, 0.2) is 22.7 Å². The van der Waals surface area contributed by atoms with Gasteiger partial charge < -0.3 is 15.5 Å². The van der Waals surface area contributed by atoms with Gasteiger partial charge in [-0.3, -0.25) is 4.79 Å². The second-order valence-corrected chi connectivity index (χ2v) is 5.37. The van der Waals surface area contributed by atoms with E-state index < -0.39 is 41.3 Å².